The summed E-state index contributed by atoms with van der Waals surface area (Å²) in [4.78, 5) is 13.4. The van der Waals surface area contributed by atoms with Crippen LogP contribution < -0.4 is 0 Å². The van der Waals surface area contributed by atoms with E-state index in [1.54, 1.807) is 4.90 Å². The summed E-state index contributed by atoms with van der Waals surface area (Å²) in [6, 6.07) is 0. The third kappa shape index (κ3) is 2.26. The van der Waals surface area contributed by atoms with Crippen molar-refractivity contribution in [3.63, 3.8) is 0 Å². The van der Waals surface area contributed by atoms with E-state index in [-0.39, 0.29) is 17.6 Å². The van der Waals surface area contributed by atoms with Gasteiger partial charge in [-0.1, -0.05) is 5.92 Å². The maximum atomic E-state index is 11.8. The molecule has 1 atom stereocenters. The Bertz CT molecular complexity index is 307. The molecule has 1 saturated heterocycles. The zero-order chi connectivity index (χ0) is 11.9. The fourth-order valence-electron chi connectivity index (χ4n) is 1.60. The average molecular weight is 209 g/mol. The monoisotopic (exact) mass is 209 g/mol. The molecule has 0 saturated carbocycles. The molecule has 0 spiro atoms. The Morgan fingerprint density at radius 1 is 1.53 bits per heavy atom. The van der Waals surface area contributed by atoms with Crippen LogP contribution in [-0.4, -0.2) is 28.7 Å². The Hall–Kier alpha value is -1.17. The van der Waals surface area contributed by atoms with Gasteiger partial charge in [0.2, 0.25) is 0 Å². The quantitative estimate of drug-likeness (QED) is 0.573. The van der Waals surface area contributed by atoms with Gasteiger partial charge < -0.3 is 9.64 Å². The molecule has 0 aromatic heterocycles. The highest BCUT2D eigenvalue weighted by molar-refractivity contribution is 5.71. The number of rotatable bonds is 0. The molecule has 1 fully saturated rings. The first-order valence-corrected chi connectivity index (χ1v) is 5.15. The lowest BCUT2D eigenvalue weighted by molar-refractivity contribution is -0.0510. The predicted octanol–water partition coefficient (Wildman–Crippen LogP) is 2.27. The molecule has 0 aromatic carbocycles. The van der Waals surface area contributed by atoms with E-state index in [4.69, 9.17) is 11.2 Å². The summed E-state index contributed by atoms with van der Waals surface area (Å²) >= 11 is 0. The molecule has 0 bridgehead atoms. The number of carbonyl (C=O) groups excluding carboxylic acids is 1. The highest BCUT2D eigenvalue weighted by atomic mass is 16.6. The molecule has 15 heavy (non-hydrogen) atoms. The van der Waals surface area contributed by atoms with E-state index in [0.717, 1.165) is 0 Å². The second kappa shape index (κ2) is 3.44. The van der Waals surface area contributed by atoms with E-state index in [9.17, 15) is 4.79 Å². The smallest absolute Gasteiger partial charge is 0.410 e. The summed E-state index contributed by atoms with van der Waals surface area (Å²) < 4.78 is 5.29. The number of likely N-dealkylation sites (tertiary alicyclic amines) is 1. The van der Waals surface area contributed by atoms with Gasteiger partial charge in [-0.15, -0.1) is 6.42 Å². The van der Waals surface area contributed by atoms with Crippen LogP contribution in [0.3, 0.4) is 0 Å². The van der Waals surface area contributed by atoms with Crippen molar-refractivity contribution in [1.29, 1.82) is 0 Å². The molecule has 1 aliphatic heterocycles. The van der Waals surface area contributed by atoms with Gasteiger partial charge in [-0.05, 0) is 34.6 Å². The number of ether oxygens (including phenoxy) is 1. The molecule has 1 aliphatic rings. The van der Waals surface area contributed by atoms with Gasteiger partial charge in [0.05, 0.1) is 11.5 Å². The molecule has 1 unspecified atom stereocenters. The molecular formula is C12H19NO2. The number of amides is 1. The van der Waals surface area contributed by atoms with Crippen LogP contribution in [0.2, 0.25) is 0 Å². The van der Waals surface area contributed by atoms with Crippen LogP contribution >= 0.6 is 0 Å². The molecule has 1 amide bonds. The van der Waals surface area contributed by atoms with E-state index in [1.165, 1.54) is 0 Å². The predicted molar refractivity (Wildman–Crippen MR) is 59.3 cm³/mol. The molecule has 1 heterocycles. The largest absolute Gasteiger partial charge is 0.444 e. The van der Waals surface area contributed by atoms with Gasteiger partial charge >= 0.3 is 6.09 Å². The Balaban J connectivity index is 2.63. The van der Waals surface area contributed by atoms with E-state index in [0.29, 0.717) is 6.54 Å². The van der Waals surface area contributed by atoms with E-state index >= 15 is 0 Å². The Morgan fingerprint density at radius 3 is 2.40 bits per heavy atom. The zero-order valence-corrected chi connectivity index (χ0v) is 10.1. The summed E-state index contributed by atoms with van der Waals surface area (Å²) in [6.45, 7) is 10.1. The van der Waals surface area contributed by atoms with E-state index in [2.05, 4.69) is 5.92 Å². The van der Waals surface area contributed by atoms with Gasteiger partial charge in [0, 0.05) is 6.54 Å². The summed E-state index contributed by atoms with van der Waals surface area (Å²) in [6.07, 6.45) is 5.09. The minimum Gasteiger partial charge on any atom is -0.444 e. The molecule has 84 valence electrons. The number of terminal acetylenes is 1. The summed E-state index contributed by atoms with van der Waals surface area (Å²) in [5.41, 5.74) is -0.731. The minimum atomic E-state index is -0.450. The second-order valence-electron chi connectivity index (χ2n) is 5.46. The van der Waals surface area contributed by atoms with Crippen molar-refractivity contribution in [2.75, 3.05) is 6.54 Å². The van der Waals surface area contributed by atoms with Crippen molar-refractivity contribution in [3.05, 3.63) is 0 Å². The lowest BCUT2D eigenvalue weighted by Gasteiger charge is -2.52. The van der Waals surface area contributed by atoms with Crippen molar-refractivity contribution in [3.8, 4) is 12.3 Å². The highest BCUT2D eigenvalue weighted by Gasteiger charge is 2.49. The number of hydrogen-bond donors (Lipinski definition) is 0. The van der Waals surface area contributed by atoms with Crippen LogP contribution in [0, 0.1) is 18.3 Å². The Morgan fingerprint density at radius 2 is 2.07 bits per heavy atom. The van der Waals surface area contributed by atoms with Crippen molar-refractivity contribution < 1.29 is 9.53 Å². The lowest BCUT2D eigenvalue weighted by Crippen LogP contribution is -2.65. The zero-order valence-electron chi connectivity index (χ0n) is 10.1. The second-order valence-corrected chi connectivity index (χ2v) is 5.46. The molecule has 3 nitrogen and oxygen atoms in total. The average Bonchev–Trinajstić information content (AvgIpc) is 1.99. The number of carbonyl (C=O) groups is 1. The molecule has 1 rings (SSSR count). The first kappa shape index (κ1) is 11.9. The van der Waals surface area contributed by atoms with Gasteiger partial charge in [-0.2, -0.15) is 0 Å². The summed E-state index contributed by atoms with van der Waals surface area (Å²) in [5.74, 6) is 2.82. The van der Waals surface area contributed by atoms with Crippen molar-refractivity contribution >= 4 is 6.09 Å². The topological polar surface area (TPSA) is 29.5 Å². The standard InChI is InChI=1S/C12H19NO2/c1-7-9-8-13(12(9,5)6)10(14)15-11(2,3)4/h1,9H,8H2,2-6H3. The van der Waals surface area contributed by atoms with Gasteiger partial charge in [0.25, 0.3) is 0 Å². The van der Waals surface area contributed by atoms with Gasteiger partial charge in [0.1, 0.15) is 5.60 Å². The van der Waals surface area contributed by atoms with Gasteiger partial charge in [0.15, 0.2) is 0 Å². The fraction of sp³-hybridized carbons (Fsp3) is 0.750. The molecule has 3 heteroatoms. The van der Waals surface area contributed by atoms with Gasteiger partial charge in [-0.25, -0.2) is 4.79 Å². The van der Waals surface area contributed by atoms with Crippen molar-refractivity contribution in [1.82, 2.24) is 4.90 Å². The van der Waals surface area contributed by atoms with Crippen molar-refractivity contribution in [2.45, 2.75) is 45.8 Å². The normalized spacial score (nSPS) is 24.0. The van der Waals surface area contributed by atoms with Crippen LogP contribution in [0.4, 0.5) is 4.79 Å². The maximum Gasteiger partial charge on any atom is 0.410 e. The molecular weight excluding hydrogens is 190 g/mol. The van der Waals surface area contributed by atoms with E-state index in [1.807, 2.05) is 34.6 Å². The maximum absolute atomic E-state index is 11.8. The molecule has 0 aromatic rings. The molecule has 0 aliphatic carbocycles. The third-order valence-electron chi connectivity index (χ3n) is 2.73. The fourth-order valence-corrected chi connectivity index (χ4v) is 1.60. The van der Waals surface area contributed by atoms with Crippen LogP contribution in [0.5, 0.6) is 0 Å². The first-order valence-electron chi connectivity index (χ1n) is 5.15. The van der Waals surface area contributed by atoms with Crippen LogP contribution in [0.15, 0.2) is 0 Å². The lowest BCUT2D eigenvalue weighted by atomic mass is 9.78. The van der Waals surface area contributed by atoms with Crippen molar-refractivity contribution in [2.24, 2.45) is 5.92 Å². The highest BCUT2D eigenvalue weighted by Crippen LogP contribution is 2.36. The summed E-state index contributed by atoms with van der Waals surface area (Å²) in [7, 11) is 0. The minimum absolute atomic E-state index is 0.130. The Labute approximate surface area is 91.8 Å². The van der Waals surface area contributed by atoms with Crippen LogP contribution in [0.25, 0.3) is 0 Å². The number of nitrogens with zero attached hydrogens (tertiary/aromatic N) is 1. The summed E-state index contributed by atoms with van der Waals surface area (Å²) in [5, 5.41) is 0. The van der Waals surface area contributed by atoms with Gasteiger partial charge in [-0.3, -0.25) is 0 Å². The molecule has 0 radical (unpaired) electrons. The third-order valence-corrected chi connectivity index (χ3v) is 2.73. The molecule has 0 N–H and O–H groups in total. The number of hydrogen-bond acceptors (Lipinski definition) is 2. The first-order chi connectivity index (χ1) is 6.68. The van der Waals surface area contributed by atoms with E-state index < -0.39 is 5.60 Å². The van der Waals surface area contributed by atoms with Crippen LogP contribution in [0.1, 0.15) is 34.6 Å². The Kier molecular flexibility index (Phi) is 2.73. The SMILES string of the molecule is C#CC1CN(C(=O)OC(C)(C)C)C1(C)C. The van der Waals surface area contributed by atoms with Crippen LogP contribution in [-0.2, 0) is 4.74 Å².